The minimum Gasteiger partial charge on any atom is -0.383 e. The van der Waals surface area contributed by atoms with E-state index in [0.29, 0.717) is 32.7 Å². The summed E-state index contributed by atoms with van der Waals surface area (Å²) >= 11 is 0. The summed E-state index contributed by atoms with van der Waals surface area (Å²) in [7, 11) is 1.59. The molecule has 1 unspecified atom stereocenters. The molecular formula is C15H24N4O3. The molecule has 7 nitrogen and oxygen atoms in total. The van der Waals surface area contributed by atoms with E-state index in [2.05, 4.69) is 17.3 Å². The maximum absolute atomic E-state index is 12.4. The monoisotopic (exact) mass is 308 g/mol. The Kier molecular flexibility index (Phi) is 5.94. The lowest BCUT2D eigenvalue weighted by molar-refractivity contribution is -0.135. The average Bonchev–Trinajstić information content (AvgIpc) is 3.00. The highest BCUT2D eigenvalue weighted by atomic mass is 16.5. The lowest BCUT2D eigenvalue weighted by atomic mass is 10.1. The number of rotatable bonds is 7. The van der Waals surface area contributed by atoms with Gasteiger partial charge in [-0.15, -0.1) is 0 Å². The largest absolute Gasteiger partial charge is 0.383 e. The van der Waals surface area contributed by atoms with Crippen LogP contribution < -0.4 is 5.32 Å². The molecule has 0 spiro atoms. The van der Waals surface area contributed by atoms with Crippen molar-refractivity contribution in [2.24, 2.45) is 0 Å². The van der Waals surface area contributed by atoms with Crippen LogP contribution in [0.2, 0.25) is 0 Å². The topological polar surface area (TPSA) is 76.5 Å². The van der Waals surface area contributed by atoms with Crippen molar-refractivity contribution in [1.82, 2.24) is 20.0 Å². The van der Waals surface area contributed by atoms with Crippen LogP contribution in [0.4, 0.5) is 0 Å². The summed E-state index contributed by atoms with van der Waals surface area (Å²) in [5, 5.41) is 7.05. The number of methoxy groups -OCH3 is 1. The number of nitrogens with zero attached hydrogens (tertiary/aromatic N) is 3. The van der Waals surface area contributed by atoms with Gasteiger partial charge in [-0.05, 0) is 12.5 Å². The Bertz CT molecular complexity index is 515. The predicted molar refractivity (Wildman–Crippen MR) is 81.1 cm³/mol. The van der Waals surface area contributed by atoms with Crippen LogP contribution in [-0.2, 0) is 20.9 Å². The molecule has 2 amide bonds. The van der Waals surface area contributed by atoms with Crippen LogP contribution in [0.5, 0.6) is 0 Å². The molecule has 0 saturated carbocycles. The van der Waals surface area contributed by atoms with Crippen molar-refractivity contribution in [3.8, 4) is 0 Å². The lowest BCUT2D eigenvalue weighted by Gasteiger charge is -2.33. The van der Waals surface area contributed by atoms with E-state index in [1.54, 1.807) is 22.9 Å². The summed E-state index contributed by atoms with van der Waals surface area (Å²) in [6.07, 6.45) is 4.06. The van der Waals surface area contributed by atoms with E-state index in [9.17, 15) is 9.59 Å². The molecular weight excluding hydrogens is 284 g/mol. The van der Waals surface area contributed by atoms with Crippen LogP contribution in [-0.4, -0.2) is 53.3 Å². The third-order valence-corrected chi connectivity index (χ3v) is 3.80. The van der Waals surface area contributed by atoms with Gasteiger partial charge in [-0.2, -0.15) is 5.10 Å². The standard InChI is InChI=1S/C15H24N4O3/c1-3-4-5-14(20)18-10-12-6-7-17-19(12)13(11-18)15(21)16-8-9-22-2/h6-7,13H,3-5,8-11H2,1-2H3,(H,16,21). The third kappa shape index (κ3) is 3.85. The Hall–Kier alpha value is -1.89. The smallest absolute Gasteiger partial charge is 0.246 e. The summed E-state index contributed by atoms with van der Waals surface area (Å²) in [5.74, 6) is -0.0287. The van der Waals surface area contributed by atoms with Gasteiger partial charge in [0.25, 0.3) is 0 Å². The molecule has 1 aromatic rings. The van der Waals surface area contributed by atoms with Crippen molar-refractivity contribution in [2.75, 3.05) is 26.8 Å². The van der Waals surface area contributed by atoms with Crippen LogP contribution in [0.15, 0.2) is 12.3 Å². The average molecular weight is 308 g/mol. The first-order chi connectivity index (χ1) is 10.7. The number of carbonyl (C=O) groups is 2. The Morgan fingerprint density at radius 2 is 2.32 bits per heavy atom. The third-order valence-electron chi connectivity index (χ3n) is 3.80. The highest BCUT2D eigenvalue weighted by molar-refractivity contribution is 5.82. The SMILES string of the molecule is CCCCC(=O)N1Cc2ccnn2C(C(=O)NCCOC)C1. The molecule has 0 saturated heterocycles. The van der Waals surface area contributed by atoms with Gasteiger partial charge < -0.3 is 15.0 Å². The second-order valence-corrected chi connectivity index (χ2v) is 5.44. The van der Waals surface area contributed by atoms with Crippen LogP contribution >= 0.6 is 0 Å². The van der Waals surface area contributed by atoms with Crippen LogP contribution in [0.1, 0.15) is 37.9 Å². The first kappa shape index (κ1) is 16.5. The molecule has 1 aliphatic heterocycles. The molecule has 22 heavy (non-hydrogen) atoms. The van der Waals surface area contributed by atoms with Crippen LogP contribution in [0.25, 0.3) is 0 Å². The zero-order chi connectivity index (χ0) is 15.9. The second kappa shape index (κ2) is 7.93. The maximum atomic E-state index is 12.4. The number of unbranched alkanes of at least 4 members (excludes halogenated alkanes) is 1. The van der Waals surface area contributed by atoms with Gasteiger partial charge in [0.15, 0.2) is 0 Å². The minimum absolute atomic E-state index is 0.101. The summed E-state index contributed by atoms with van der Waals surface area (Å²) in [6, 6.07) is 1.38. The summed E-state index contributed by atoms with van der Waals surface area (Å²) in [4.78, 5) is 26.4. The fourth-order valence-electron chi connectivity index (χ4n) is 2.56. The number of nitrogens with one attached hydrogen (secondary N) is 1. The molecule has 2 rings (SSSR count). The summed E-state index contributed by atoms with van der Waals surface area (Å²) in [6.45, 7) is 3.86. The molecule has 1 atom stereocenters. The van der Waals surface area contributed by atoms with E-state index in [1.165, 1.54) is 0 Å². The summed E-state index contributed by atoms with van der Waals surface area (Å²) in [5.41, 5.74) is 0.892. The molecule has 0 fully saturated rings. The van der Waals surface area contributed by atoms with Gasteiger partial charge in [0.1, 0.15) is 6.04 Å². The van der Waals surface area contributed by atoms with E-state index >= 15 is 0 Å². The number of aromatic nitrogens is 2. The highest BCUT2D eigenvalue weighted by Crippen LogP contribution is 2.21. The van der Waals surface area contributed by atoms with Gasteiger partial charge >= 0.3 is 0 Å². The number of amides is 2. The molecule has 1 aromatic heterocycles. The van der Waals surface area contributed by atoms with Gasteiger partial charge in [0.05, 0.1) is 25.4 Å². The number of hydrogen-bond acceptors (Lipinski definition) is 4. The van der Waals surface area contributed by atoms with Crippen molar-refractivity contribution in [2.45, 2.75) is 38.8 Å². The van der Waals surface area contributed by atoms with Gasteiger partial charge in [-0.25, -0.2) is 0 Å². The Labute approximate surface area is 130 Å². The quantitative estimate of drug-likeness (QED) is 0.753. The van der Waals surface area contributed by atoms with Gasteiger partial charge in [0.2, 0.25) is 11.8 Å². The van der Waals surface area contributed by atoms with Gasteiger partial charge in [0, 0.05) is 26.3 Å². The fraction of sp³-hybridized carbons (Fsp3) is 0.667. The van der Waals surface area contributed by atoms with Crippen molar-refractivity contribution in [1.29, 1.82) is 0 Å². The van der Waals surface area contributed by atoms with Crippen molar-refractivity contribution in [3.63, 3.8) is 0 Å². The van der Waals surface area contributed by atoms with E-state index in [1.807, 2.05) is 6.07 Å². The molecule has 0 aliphatic carbocycles. The first-order valence-electron chi connectivity index (χ1n) is 7.74. The van der Waals surface area contributed by atoms with Crippen LogP contribution in [0, 0.1) is 0 Å². The molecule has 1 aliphatic rings. The van der Waals surface area contributed by atoms with E-state index < -0.39 is 6.04 Å². The first-order valence-corrected chi connectivity index (χ1v) is 7.74. The molecule has 1 N–H and O–H groups in total. The summed E-state index contributed by atoms with van der Waals surface area (Å²) < 4.78 is 6.65. The van der Waals surface area contributed by atoms with E-state index in [-0.39, 0.29) is 11.8 Å². The molecule has 122 valence electrons. The fourth-order valence-corrected chi connectivity index (χ4v) is 2.56. The van der Waals surface area contributed by atoms with E-state index in [0.717, 1.165) is 18.5 Å². The van der Waals surface area contributed by atoms with E-state index in [4.69, 9.17) is 4.74 Å². The lowest BCUT2D eigenvalue weighted by Crippen LogP contribution is -2.47. The highest BCUT2D eigenvalue weighted by Gasteiger charge is 2.32. The number of ether oxygens (including phenoxy) is 1. The molecule has 0 radical (unpaired) electrons. The van der Waals surface area contributed by atoms with Crippen LogP contribution in [0.3, 0.4) is 0 Å². The van der Waals surface area contributed by atoms with Gasteiger partial charge in [-0.3, -0.25) is 14.3 Å². The normalized spacial score (nSPS) is 17.2. The van der Waals surface area contributed by atoms with Crippen molar-refractivity contribution >= 4 is 11.8 Å². The van der Waals surface area contributed by atoms with Gasteiger partial charge in [-0.1, -0.05) is 13.3 Å². The number of fused-ring (bicyclic) bond motifs is 1. The minimum atomic E-state index is -0.471. The maximum Gasteiger partial charge on any atom is 0.246 e. The molecule has 0 aromatic carbocycles. The number of hydrogen-bond donors (Lipinski definition) is 1. The Morgan fingerprint density at radius 1 is 1.50 bits per heavy atom. The zero-order valence-electron chi connectivity index (χ0n) is 13.2. The molecule has 2 heterocycles. The Morgan fingerprint density at radius 3 is 3.05 bits per heavy atom. The molecule has 0 bridgehead atoms. The van der Waals surface area contributed by atoms with Crippen molar-refractivity contribution < 1.29 is 14.3 Å². The number of carbonyl (C=O) groups excluding carboxylic acids is 2. The second-order valence-electron chi connectivity index (χ2n) is 5.44. The molecule has 7 heteroatoms. The Balaban J connectivity index is 2.05. The predicted octanol–water partition coefficient (Wildman–Crippen LogP) is 0.719. The zero-order valence-corrected chi connectivity index (χ0v) is 13.2. The van der Waals surface area contributed by atoms with Crippen molar-refractivity contribution in [3.05, 3.63) is 18.0 Å².